The Morgan fingerprint density at radius 2 is 1.33 bits per heavy atom. The molecule has 1 rings (SSSR count). The van der Waals surface area contributed by atoms with Gasteiger partial charge in [-0.05, 0) is 43.0 Å². The van der Waals surface area contributed by atoms with E-state index >= 15 is 0 Å². The van der Waals surface area contributed by atoms with Gasteiger partial charge in [-0.3, -0.25) is 4.79 Å². The number of hydrogen-bond donors (Lipinski definition) is 1. The van der Waals surface area contributed by atoms with Gasteiger partial charge in [0.1, 0.15) is 17.3 Å². The highest BCUT2D eigenvalue weighted by Gasteiger charge is 2.22. The normalized spacial score (nSPS) is 16.2. The molecule has 0 aromatic carbocycles. The molecule has 1 fully saturated rings. The molecule has 1 heterocycles. The van der Waals surface area contributed by atoms with Crippen LogP contribution in [0, 0.1) is 0 Å². The van der Waals surface area contributed by atoms with Crippen LogP contribution in [0.4, 0.5) is 0 Å². The van der Waals surface area contributed by atoms with Gasteiger partial charge in [-0.25, -0.2) is 0 Å². The van der Waals surface area contributed by atoms with E-state index in [1.165, 1.54) is 68.6 Å². The lowest BCUT2D eigenvalue weighted by molar-refractivity contribution is -0.137. The summed E-state index contributed by atoms with van der Waals surface area (Å²) in [5, 5.41) is 8.50. The Balaban J connectivity index is 1.72. The van der Waals surface area contributed by atoms with Gasteiger partial charge in [0, 0.05) is 6.42 Å². The Morgan fingerprint density at radius 3 is 1.89 bits per heavy atom. The van der Waals surface area contributed by atoms with Crippen LogP contribution in [0.25, 0.3) is 0 Å². The second-order valence-electron chi connectivity index (χ2n) is 5.40. The van der Waals surface area contributed by atoms with E-state index in [9.17, 15) is 4.79 Å². The molecule has 0 saturated carbocycles. The van der Waals surface area contributed by atoms with Crippen LogP contribution in [0.1, 0.15) is 70.6 Å². The van der Waals surface area contributed by atoms with E-state index in [0.29, 0.717) is 6.42 Å². The first-order valence-corrected chi connectivity index (χ1v) is 9.38. The molecule has 0 amide bonds. The quantitative estimate of drug-likeness (QED) is 0.456. The van der Waals surface area contributed by atoms with Gasteiger partial charge in [-0.2, -0.15) is 0 Å². The van der Waals surface area contributed by atoms with Crippen LogP contribution in [-0.2, 0) is 15.7 Å². The summed E-state index contributed by atoms with van der Waals surface area (Å²) in [6.07, 6.45) is 13.4. The molecule has 2 nitrogen and oxygen atoms in total. The molecule has 0 unspecified atom stereocenters. The van der Waals surface area contributed by atoms with Gasteiger partial charge in [-0.1, -0.05) is 32.1 Å². The minimum absolute atomic E-state index is 0.350. The Morgan fingerprint density at radius 1 is 0.833 bits per heavy atom. The summed E-state index contributed by atoms with van der Waals surface area (Å²) < 4.78 is 0. The molecule has 18 heavy (non-hydrogen) atoms. The molecule has 0 aliphatic carbocycles. The van der Waals surface area contributed by atoms with E-state index in [0.717, 1.165) is 23.7 Å². The highest BCUT2D eigenvalue weighted by atomic mass is 32.2. The summed E-state index contributed by atoms with van der Waals surface area (Å²) in [5.74, 6) is 3.88. The maximum absolute atomic E-state index is 10.3. The van der Waals surface area contributed by atoms with Gasteiger partial charge in [0.05, 0.1) is 0 Å². The van der Waals surface area contributed by atoms with Crippen LogP contribution < -0.4 is 0 Å². The van der Waals surface area contributed by atoms with Crippen LogP contribution in [0.2, 0.25) is 0 Å². The number of aliphatic carboxylic acids is 1. The lowest BCUT2D eigenvalue weighted by Crippen LogP contribution is -2.08. The molecule has 1 saturated heterocycles. The predicted molar refractivity (Wildman–Crippen MR) is 80.4 cm³/mol. The third-order valence-corrected chi connectivity index (χ3v) is 6.29. The zero-order valence-corrected chi connectivity index (χ0v) is 12.5. The van der Waals surface area contributed by atoms with Crippen LogP contribution in [-0.4, -0.2) is 28.3 Å². The topological polar surface area (TPSA) is 37.3 Å². The van der Waals surface area contributed by atoms with Gasteiger partial charge in [0.15, 0.2) is 0 Å². The summed E-state index contributed by atoms with van der Waals surface area (Å²) >= 11 is 0. The zero-order chi connectivity index (χ0) is 13.1. The number of carboxylic acids is 1. The number of hydrogen-bond acceptors (Lipinski definition) is 1. The summed E-state index contributed by atoms with van der Waals surface area (Å²) in [6.45, 7) is 0. The summed E-state index contributed by atoms with van der Waals surface area (Å²) in [7, 11) is 0.801. The standard InChI is InChI=1S/C15H28O2S/c16-15(17)11-7-5-3-1-2-4-6-8-12-18-13-9-10-14-18/h1-14H2/p+1. The molecule has 0 bridgehead atoms. The lowest BCUT2D eigenvalue weighted by atomic mass is 10.1. The van der Waals surface area contributed by atoms with Gasteiger partial charge in [0.25, 0.3) is 0 Å². The Kier molecular flexibility index (Phi) is 9.45. The number of carboxylic acid groups (broad SMARTS) is 1. The molecule has 0 spiro atoms. The summed E-state index contributed by atoms with van der Waals surface area (Å²) in [4.78, 5) is 10.3. The fourth-order valence-electron chi connectivity index (χ4n) is 2.56. The third kappa shape index (κ3) is 8.84. The van der Waals surface area contributed by atoms with Crippen molar-refractivity contribution in [3.8, 4) is 0 Å². The van der Waals surface area contributed by atoms with Crippen LogP contribution in [0.3, 0.4) is 0 Å². The van der Waals surface area contributed by atoms with E-state index in [1.807, 2.05) is 0 Å². The average molecular weight is 273 g/mol. The van der Waals surface area contributed by atoms with E-state index in [4.69, 9.17) is 5.11 Å². The maximum atomic E-state index is 10.3. The van der Waals surface area contributed by atoms with Gasteiger partial charge in [0.2, 0.25) is 0 Å². The zero-order valence-electron chi connectivity index (χ0n) is 11.7. The fraction of sp³-hybridized carbons (Fsp3) is 0.933. The van der Waals surface area contributed by atoms with Crippen LogP contribution >= 0.6 is 0 Å². The largest absolute Gasteiger partial charge is 0.481 e. The van der Waals surface area contributed by atoms with Crippen molar-refractivity contribution in [2.45, 2.75) is 70.6 Å². The minimum Gasteiger partial charge on any atom is -0.481 e. The summed E-state index contributed by atoms with van der Waals surface area (Å²) in [6, 6.07) is 0. The molecule has 1 aliphatic heterocycles. The van der Waals surface area contributed by atoms with Crippen molar-refractivity contribution in [2.24, 2.45) is 0 Å². The first kappa shape index (κ1) is 15.9. The SMILES string of the molecule is O=C(O)CCCCCCCCCC[S+]1CCCC1. The number of carbonyl (C=O) groups is 1. The second-order valence-corrected chi connectivity index (χ2v) is 7.85. The van der Waals surface area contributed by atoms with Crippen molar-refractivity contribution in [3.63, 3.8) is 0 Å². The predicted octanol–water partition coefficient (Wildman–Crippen LogP) is 3.99. The van der Waals surface area contributed by atoms with Crippen molar-refractivity contribution >= 4 is 16.9 Å². The fourth-order valence-corrected chi connectivity index (χ4v) is 5.01. The lowest BCUT2D eigenvalue weighted by Gasteiger charge is -2.02. The molecular formula is C15H29O2S+. The van der Waals surface area contributed by atoms with Crippen molar-refractivity contribution in [3.05, 3.63) is 0 Å². The second kappa shape index (κ2) is 10.7. The smallest absolute Gasteiger partial charge is 0.303 e. The molecule has 1 aliphatic rings. The maximum Gasteiger partial charge on any atom is 0.303 e. The van der Waals surface area contributed by atoms with E-state index in [2.05, 4.69) is 0 Å². The van der Waals surface area contributed by atoms with Gasteiger partial charge >= 0.3 is 5.97 Å². The number of rotatable bonds is 11. The Labute approximate surface area is 115 Å². The summed E-state index contributed by atoms with van der Waals surface area (Å²) in [5.41, 5.74) is 0. The molecule has 3 heteroatoms. The van der Waals surface area contributed by atoms with Crippen LogP contribution in [0.5, 0.6) is 0 Å². The van der Waals surface area contributed by atoms with E-state index in [-0.39, 0.29) is 0 Å². The highest BCUT2D eigenvalue weighted by molar-refractivity contribution is 7.97. The van der Waals surface area contributed by atoms with E-state index in [1.54, 1.807) is 0 Å². The monoisotopic (exact) mass is 273 g/mol. The molecular weight excluding hydrogens is 244 g/mol. The first-order valence-electron chi connectivity index (χ1n) is 7.65. The van der Waals surface area contributed by atoms with Crippen molar-refractivity contribution in [2.75, 3.05) is 17.3 Å². The Hall–Kier alpha value is -0.180. The van der Waals surface area contributed by atoms with Crippen molar-refractivity contribution in [1.82, 2.24) is 0 Å². The van der Waals surface area contributed by atoms with Gasteiger partial charge < -0.3 is 5.11 Å². The molecule has 0 aromatic heterocycles. The minimum atomic E-state index is -0.650. The van der Waals surface area contributed by atoms with Gasteiger partial charge in [-0.15, -0.1) is 0 Å². The molecule has 1 N–H and O–H groups in total. The third-order valence-electron chi connectivity index (χ3n) is 3.69. The molecule has 0 aromatic rings. The first-order chi connectivity index (χ1) is 8.79. The average Bonchev–Trinajstić information content (AvgIpc) is 2.84. The van der Waals surface area contributed by atoms with Crippen molar-refractivity contribution in [1.29, 1.82) is 0 Å². The molecule has 0 atom stereocenters. The highest BCUT2D eigenvalue weighted by Crippen LogP contribution is 2.16. The molecule has 106 valence electrons. The van der Waals surface area contributed by atoms with Crippen molar-refractivity contribution < 1.29 is 9.90 Å². The number of unbranched alkanes of at least 4 members (excludes halogenated alkanes) is 7. The van der Waals surface area contributed by atoms with Crippen LogP contribution in [0.15, 0.2) is 0 Å². The Bertz CT molecular complexity index is 213. The van der Waals surface area contributed by atoms with E-state index < -0.39 is 5.97 Å². The molecule has 0 radical (unpaired) electrons.